The maximum Gasteiger partial charge on any atom is 0.416 e. The minimum absolute atomic E-state index is 0.0919. The molecule has 2 aromatic carbocycles. The summed E-state index contributed by atoms with van der Waals surface area (Å²) in [6, 6.07) is 10.7. The Bertz CT molecular complexity index is 818. The molecule has 0 saturated carbocycles. The minimum atomic E-state index is -4.89. The molecule has 0 amide bonds. The molecular weight excluding hydrogens is 426 g/mol. The van der Waals surface area contributed by atoms with Crippen LogP contribution < -0.4 is 0 Å². The lowest BCUT2D eigenvalue weighted by atomic mass is 9.82. The predicted octanol–water partition coefficient (Wildman–Crippen LogP) is 5.42. The second-order valence-electron chi connectivity index (χ2n) is 7.44. The molecule has 1 aliphatic heterocycles. The standard InChI is InChI=1S/C22H22F6O3/c23-21(24,25)17-10-14(11-18(12-17)22(26,27)28)6-8-30-20-19(15-4-2-1-3-5-15)16(13-29)7-9-31-20/h1-5,10-12,16,19-20,29H,6-9,13H2. The molecule has 3 atom stereocenters. The fraction of sp³-hybridized carbons (Fsp3) is 0.455. The average Bonchev–Trinajstić information content (AvgIpc) is 2.72. The second kappa shape index (κ2) is 9.58. The van der Waals surface area contributed by atoms with E-state index in [1.165, 1.54) is 0 Å². The highest BCUT2D eigenvalue weighted by Gasteiger charge is 2.38. The molecule has 1 saturated heterocycles. The molecule has 3 rings (SSSR count). The van der Waals surface area contributed by atoms with E-state index >= 15 is 0 Å². The zero-order valence-electron chi connectivity index (χ0n) is 16.4. The number of halogens is 6. The van der Waals surface area contributed by atoms with Crippen LogP contribution in [0.4, 0.5) is 26.3 Å². The fourth-order valence-electron chi connectivity index (χ4n) is 3.76. The molecule has 0 aromatic heterocycles. The number of aliphatic hydroxyl groups is 1. The summed E-state index contributed by atoms with van der Waals surface area (Å²) >= 11 is 0. The van der Waals surface area contributed by atoms with Gasteiger partial charge in [-0.3, -0.25) is 0 Å². The third kappa shape index (κ3) is 5.99. The van der Waals surface area contributed by atoms with Crippen molar-refractivity contribution >= 4 is 0 Å². The van der Waals surface area contributed by atoms with Gasteiger partial charge in [0.1, 0.15) is 0 Å². The van der Waals surface area contributed by atoms with Gasteiger partial charge in [0.2, 0.25) is 0 Å². The summed E-state index contributed by atoms with van der Waals surface area (Å²) in [6.07, 6.45) is -10.1. The van der Waals surface area contributed by atoms with E-state index < -0.39 is 29.8 Å². The molecule has 0 bridgehead atoms. The normalized spacial score (nSPS) is 22.5. The molecule has 0 spiro atoms. The second-order valence-corrected chi connectivity index (χ2v) is 7.44. The van der Waals surface area contributed by atoms with Crippen LogP contribution in [0.25, 0.3) is 0 Å². The Morgan fingerprint density at radius 2 is 1.55 bits per heavy atom. The molecule has 0 radical (unpaired) electrons. The Hall–Kier alpha value is -2.10. The van der Waals surface area contributed by atoms with Gasteiger partial charge in [-0.2, -0.15) is 26.3 Å². The highest BCUT2D eigenvalue weighted by atomic mass is 19.4. The van der Waals surface area contributed by atoms with Crippen molar-refractivity contribution in [1.82, 2.24) is 0 Å². The minimum Gasteiger partial charge on any atom is -0.396 e. The first-order valence-corrected chi connectivity index (χ1v) is 9.77. The Balaban J connectivity index is 1.75. The van der Waals surface area contributed by atoms with Crippen molar-refractivity contribution in [3.8, 4) is 0 Å². The predicted molar refractivity (Wildman–Crippen MR) is 100 cm³/mol. The van der Waals surface area contributed by atoms with Crippen LogP contribution in [0.1, 0.15) is 34.6 Å². The molecule has 170 valence electrons. The number of alkyl halides is 6. The topological polar surface area (TPSA) is 38.7 Å². The number of hydrogen-bond donors (Lipinski definition) is 1. The molecule has 3 unspecified atom stereocenters. The quantitative estimate of drug-likeness (QED) is 0.600. The van der Waals surface area contributed by atoms with Gasteiger partial charge < -0.3 is 14.6 Å². The van der Waals surface area contributed by atoms with Gasteiger partial charge >= 0.3 is 12.4 Å². The number of aliphatic hydroxyl groups excluding tert-OH is 1. The van der Waals surface area contributed by atoms with Crippen LogP contribution in [0.5, 0.6) is 0 Å². The van der Waals surface area contributed by atoms with Gasteiger partial charge in [0.15, 0.2) is 6.29 Å². The summed E-state index contributed by atoms with van der Waals surface area (Å²) in [6.45, 7) is 0.108. The fourth-order valence-corrected chi connectivity index (χ4v) is 3.76. The van der Waals surface area contributed by atoms with Gasteiger partial charge in [-0.1, -0.05) is 30.3 Å². The van der Waals surface area contributed by atoms with Crippen molar-refractivity contribution in [2.45, 2.75) is 37.4 Å². The summed E-state index contributed by atoms with van der Waals surface area (Å²) in [5, 5.41) is 9.73. The number of rotatable bonds is 6. The monoisotopic (exact) mass is 448 g/mol. The van der Waals surface area contributed by atoms with Gasteiger partial charge in [0, 0.05) is 12.5 Å². The Morgan fingerprint density at radius 3 is 2.10 bits per heavy atom. The maximum absolute atomic E-state index is 13.0. The smallest absolute Gasteiger partial charge is 0.396 e. The van der Waals surface area contributed by atoms with Crippen molar-refractivity contribution in [3.05, 3.63) is 70.8 Å². The van der Waals surface area contributed by atoms with E-state index in [9.17, 15) is 31.4 Å². The van der Waals surface area contributed by atoms with E-state index in [0.717, 1.165) is 5.56 Å². The molecule has 0 aliphatic carbocycles. The lowest BCUT2D eigenvalue weighted by molar-refractivity contribution is -0.190. The third-order valence-corrected chi connectivity index (χ3v) is 5.31. The van der Waals surface area contributed by atoms with E-state index in [0.29, 0.717) is 25.2 Å². The van der Waals surface area contributed by atoms with Crippen molar-refractivity contribution in [1.29, 1.82) is 0 Å². The van der Waals surface area contributed by atoms with Crippen LogP contribution in [-0.2, 0) is 28.2 Å². The zero-order chi connectivity index (χ0) is 22.6. The number of hydrogen-bond acceptors (Lipinski definition) is 3. The first kappa shape index (κ1) is 23.6. The van der Waals surface area contributed by atoms with E-state index in [1.807, 2.05) is 30.3 Å². The molecule has 2 aromatic rings. The van der Waals surface area contributed by atoms with Crippen molar-refractivity contribution < 1.29 is 40.9 Å². The zero-order valence-corrected chi connectivity index (χ0v) is 16.4. The van der Waals surface area contributed by atoms with Crippen LogP contribution in [0.15, 0.2) is 48.5 Å². The Labute approximate surface area is 175 Å². The molecule has 1 fully saturated rings. The van der Waals surface area contributed by atoms with Crippen LogP contribution in [0.2, 0.25) is 0 Å². The van der Waals surface area contributed by atoms with Crippen LogP contribution >= 0.6 is 0 Å². The third-order valence-electron chi connectivity index (χ3n) is 5.31. The van der Waals surface area contributed by atoms with E-state index in [4.69, 9.17) is 9.47 Å². The van der Waals surface area contributed by atoms with Gasteiger partial charge in [-0.15, -0.1) is 0 Å². The molecule has 1 aliphatic rings. The SMILES string of the molecule is OCC1CCOC(OCCc2cc(C(F)(F)F)cc(C(F)(F)F)c2)C1c1ccccc1. The number of ether oxygens (including phenoxy) is 2. The molecular formula is C22H22F6O3. The van der Waals surface area contributed by atoms with Crippen molar-refractivity contribution in [2.75, 3.05) is 19.8 Å². The molecule has 1 heterocycles. The first-order chi connectivity index (χ1) is 14.6. The molecule has 3 nitrogen and oxygen atoms in total. The highest BCUT2D eigenvalue weighted by molar-refractivity contribution is 5.33. The van der Waals surface area contributed by atoms with Crippen LogP contribution in [0, 0.1) is 5.92 Å². The van der Waals surface area contributed by atoms with Gasteiger partial charge in [-0.05, 0) is 48.1 Å². The summed E-state index contributed by atoms with van der Waals surface area (Å²) in [7, 11) is 0. The number of benzene rings is 2. The van der Waals surface area contributed by atoms with E-state index in [1.54, 1.807) is 0 Å². The Morgan fingerprint density at radius 1 is 0.935 bits per heavy atom. The van der Waals surface area contributed by atoms with Crippen molar-refractivity contribution in [2.24, 2.45) is 5.92 Å². The van der Waals surface area contributed by atoms with E-state index in [-0.39, 0.29) is 43.1 Å². The Kier molecular flexibility index (Phi) is 7.28. The maximum atomic E-state index is 13.0. The van der Waals surface area contributed by atoms with Crippen LogP contribution in [0.3, 0.4) is 0 Å². The molecule has 1 N–H and O–H groups in total. The summed E-state index contributed by atoms with van der Waals surface area (Å²) in [5.74, 6) is -0.432. The molecule has 9 heteroatoms. The summed E-state index contributed by atoms with van der Waals surface area (Å²) in [5.41, 5.74) is -1.96. The lowest BCUT2D eigenvalue weighted by Gasteiger charge is -2.37. The summed E-state index contributed by atoms with van der Waals surface area (Å²) in [4.78, 5) is 0. The average molecular weight is 448 g/mol. The lowest BCUT2D eigenvalue weighted by Crippen LogP contribution is -2.38. The highest BCUT2D eigenvalue weighted by Crippen LogP contribution is 2.38. The first-order valence-electron chi connectivity index (χ1n) is 9.77. The van der Waals surface area contributed by atoms with Gasteiger partial charge in [-0.25, -0.2) is 0 Å². The van der Waals surface area contributed by atoms with Crippen LogP contribution in [-0.4, -0.2) is 31.2 Å². The van der Waals surface area contributed by atoms with Crippen molar-refractivity contribution in [3.63, 3.8) is 0 Å². The van der Waals surface area contributed by atoms with Gasteiger partial charge in [0.05, 0.1) is 24.3 Å². The summed E-state index contributed by atoms with van der Waals surface area (Å²) < 4.78 is 89.6. The largest absolute Gasteiger partial charge is 0.416 e. The van der Waals surface area contributed by atoms with Gasteiger partial charge in [0.25, 0.3) is 0 Å². The molecule has 31 heavy (non-hydrogen) atoms. The van der Waals surface area contributed by atoms with E-state index in [2.05, 4.69) is 0 Å².